The summed E-state index contributed by atoms with van der Waals surface area (Å²) in [4.78, 5) is 12.8. The summed E-state index contributed by atoms with van der Waals surface area (Å²) >= 11 is 0. The zero-order chi connectivity index (χ0) is 18.7. The van der Waals surface area contributed by atoms with Crippen LogP contribution < -0.4 is 11.1 Å². The average Bonchev–Trinajstić information content (AvgIpc) is 2.64. The SMILES string of the molecule is N=[SH](=O)c1ccc(C(=O)Nc2cc(-c3ccc(F)cc3)ccc2N)cc1. The lowest BCUT2D eigenvalue weighted by molar-refractivity contribution is 0.102. The maximum absolute atomic E-state index is 13.1. The smallest absolute Gasteiger partial charge is 0.255 e. The van der Waals surface area contributed by atoms with Gasteiger partial charge in [-0.2, -0.15) is 0 Å². The van der Waals surface area contributed by atoms with E-state index in [-0.39, 0.29) is 11.7 Å². The van der Waals surface area contributed by atoms with Gasteiger partial charge in [-0.15, -0.1) is 0 Å². The van der Waals surface area contributed by atoms with Crippen molar-refractivity contribution in [3.05, 3.63) is 78.1 Å². The van der Waals surface area contributed by atoms with E-state index in [9.17, 15) is 13.4 Å². The fourth-order valence-electron chi connectivity index (χ4n) is 2.43. The zero-order valence-electron chi connectivity index (χ0n) is 13.6. The Hall–Kier alpha value is -3.19. The fourth-order valence-corrected chi connectivity index (χ4v) is 2.85. The number of nitrogens with one attached hydrogen (secondary N) is 2. The first kappa shape index (κ1) is 17.6. The third-order valence-electron chi connectivity index (χ3n) is 3.84. The molecule has 4 N–H and O–H groups in total. The van der Waals surface area contributed by atoms with Crippen LogP contribution >= 0.6 is 0 Å². The largest absolute Gasteiger partial charge is 0.397 e. The number of hydrogen-bond acceptors (Lipinski definition) is 4. The van der Waals surface area contributed by atoms with E-state index in [0.29, 0.717) is 21.8 Å². The molecule has 26 heavy (non-hydrogen) atoms. The van der Waals surface area contributed by atoms with Crippen molar-refractivity contribution >= 4 is 27.9 Å². The van der Waals surface area contributed by atoms with Crippen LogP contribution in [0.4, 0.5) is 15.8 Å². The highest BCUT2D eigenvalue weighted by Crippen LogP contribution is 2.28. The molecule has 0 aromatic heterocycles. The first-order valence-electron chi connectivity index (χ1n) is 7.69. The number of hydrogen-bond donors (Lipinski definition) is 4. The van der Waals surface area contributed by atoms with Crippen LogP contribution in [-0.4, -0.2) is 10.1 Å². The zero-order valence-corrected chi connectivity index (χ0v) is 14.5. The summed E-state index contributed by atoms with van der Waals surface area (Å²) in [5.41, 5.74) is 8.72. The molecule has 0 spiro atoms. The summed E-state index contributed by atoms with van der Waals surface area (Å²) in [5.74, 6) is -0.699. The number of carbonyl (C=O) groups excluding carboxylic acids is 1. The molecule has 3 aromatic rings. The molecule has 0 radical (unpaired) electrons. The van der Waals surface area contributed by atoms with Gasteiger partial charge in [-0.1, -0.05) is 18.2 Å². The molecule has 0 fully saturated rings. The number of rotatable bonds is 4. The van der Waals surface area contributed by atoms with Crippen LogP contribution in [0.2, 0.25) is 0 Å². The first-order chi connectivity index (χ1) is 12.4. The Kier molecular flexibility index (Phi) is 4.99. The lowest BCUT2D eigenvalue weighted by Crippen LogP contribution is -2.13. The Labute approximate surface area is 151 Å². The molecule has 132 valence electrons. The number of amides is 1. The van der Waals surface area contributed by atoms with E-state index in [1.54, 1.807) is 30.3 Å². The van der Waals surface area contributed by atoms with E-state index >= 15 is 0 Å². The topological polar surface area (TPSA) is 96.0 Å². The van der Waals surface area contributed by atoms with Gasteiger partial charge < -0.3 is 11.1 Å². The summed E-state index contributed by atoms with van der Waals surface area (Å²) in [6, 6.07) is 17.2. The highest BCUT2D eigenvalue weighted by atomic mass is 32.2. The number of nitrogens with two attached hydrogens (primary N) is 1. The minimum absolute atomic E-state index is 0.324. The minimum atomic E-state index is -2.19. The Balaban J connectivity index is 1.85. The van der Waals surface area contributed by atoms with Crippen LogP contribution in [0.3, 0.4) is 0 Å². The molecule has 0 aliphatic carbocycles. The van der Waals surface area contributed by atoms with Gasteiger partial charge in [0.25, 0.3) is 5.91 Å². The molecule has 5 nitrogen and oxygen atoms in total. The predicted molar refractivity (Wildman–Crippen MR) is 101 cm³/mol. The van der Waals surface area contributed by atoms with Gasteiger partial charge in [-0.3, -0.25) is 9.57 Å². The molecular formula is C19H16FN3O2S. The Bertz CT molecular complexity index is 1020. The number of anilines is 2. The highest BCUT2D eigenvalue weighted by Gasteiger charge is 2.10. The third-order valence-corrected chi connectivity index (χ3v) is 4.61. The van der Waals surface area contributed by atoms with Crippen LogP contribution in [0.25, 0.3) is 11.1 Å². The molecule has 0 aliphatic heterocycles. The lowest BCUT2D eigenvalue weighted by atomic mass is 10.0. The van der Waals surface area contributed by atoms with Gasteiger partial charge in [0.05, 0.1) is 22.0 Å². The van der Waals surface area contributed by atoms with Crippen LogP contribution in [0.15, 0.2) is 71.6 Å². The van der Waals surface area contributed by atoms with Gasteiger partial charge in [0.1, 0.15) is 5.82 Å². The van der Waals surface area contributed by atoms with Crippen molar-refractivity contribution in [2.75, 3.05) is 11.1 Å². The molecule has 0 saturated heterocycles. The predicted octanol–water partition coefficient (Wildman–Crippen LogP) is 3.93. The summed E-state index contributed by atoms with van der Waals surface area (Å²) in [5, 5.41) is 2.74. The van der Waals surface area contributed by atoms with Crippen molar-refractivity contribution in [1.82, 2.24) is 0 Å². The summed E-state index contributed by atoms with van der Waals surface area (Å²) < 4.78 is 31.4. The minimum Gasteiger partial charge on any atom is -0.397 e. The van der Waals surface area contributed by atoms with Crippen LogP contribution in [-0.2, 0) is 10.6 Å². The molecule has 7 heteroatoms. The second-order valence-corrected chi connectivity index (χ2v) is 6.71. The molecule has 1 unspecified atom stereocenters. The summed E-state index contributed by atoms with van der Waals surface area (Å²) in [6.45, 7) is 0. The van der Waals surface area contributed by atoms with Crippen LogP contribution in [0, 0.1) is 10.6 Å². The Morgan fingerprint density at radius 2 is 1.58 bits per heavy atom. The Morgan fingerprint density at radius 3 is 2.19 bits per heavy atom. The molecule has 3 aromatic carbocycles. The fraction of sp³-hybridized carbons (Fsp3) is 0. The normalized spacial score (nSPS) is 11.7. The first-order valence-corrected chi connectivity index (χ1v) is 8.95. The van der Waals surface area contributed by atoms with Gasteiger partial charge in [0, 0.05) is 10.5 Å². The third kappa shape index (κ3) is 3.89. The highest BCUT2D eigenvalue weighted by molar-refractivity contribution is 7.73. The van der Waals surface area contributed by atoms with Crippen LogP contribution in [0.5, 0.6) is 0 Å². The maximum atomic E-state index is 13.1. The van der Waals surface area contributed by atoms with Crippen molar-refractivity contribution in [3.63, 3.8) is 0 Å². The maximum Gasteiger partial charge on any atom is 0.255 e. The van der Waals surface area contributed by atoms with Gasteiger partial charge in [-0.05, 0) is 59.7 Å². The van der Waals surface area contributed by atoms with Gasteiger partial charge in [0.2, 0.25) is 0 Å². The molecule has 1 atom stereocenters. The van der Waals surface area contributed by atoms with Crippen molar-refractivity contribution in [1.29, 1.82) is 4.78 Å². The van der Waals surface area contributed by atoms with Crippen molar-refractivity contribution in [2.45, 2.75) is 4.90 Å². The Morgan fingerprint density at radius 1 is 0.962 bits per heavy atom. The number of halogens is 1. The van der Waals surface area contributed by atoms with E-state index in [2.05, 4.69) is 5.32 Å². The molecule has 0 bridgehead atoms. The molecular weight excluding hydrogens is 353 g/mol. The van der Waals surface area contributed by atoms with Crippen LogP contribution in [0.1, 0.15) is 10.4 Å². The quantitative estimate of drug-likeness (QED) is 0.414. The van der Waals surface area contributed by atoms with Gasteiger partial charge >= 0.3 is 0 Å². The monoisotopic (exact) mass is 369 g/mol. The second kappa shape index (κ2) is 7.37. The van der Waals surface area contributed by atoms with E-state index in [1.807, 2.05) is 0 Å². The summed E-state index contributed by atoms with van der Waals surface area (Å²) in [7, 11) is -2.19. The molecule has 3 rings (SSSR count). The molecule has 1 amide bonds. The lowest BCUT2D eigenvalue weighted by Gasteiger charge is -2.11. The van der Waals surface area contributed by atoms with Crippen molar-refractivity contribution in [3.8, 4) is 11.1 Å². The summed E-state index contributed by atoms with van der Waals surface area (Å²) in [6.07, 6.45) is 0. The van der Waals surface area contributed by atoms with Crippen molar-refractivity contribution < 1.29 is 13.4 Å². The number of thiol groups is 1. The van der Waals surface area contributed by atoms with Gasteiger partial charge in [-0.25, -0.2) is 8.60 Å². The van der Waals surface area contributed by atoms with Gasteiger partial charge in [0.15, 0.2) is 0 Å². The van der Waals surface area contributed by atoms with Crippen molar-refractivity contribution in [2.24, 2.45) is 0 Å². The molecule has 0 heterocycles. The van der Waals surface area contributed by atoms with E-state index in [4.69, 9.17) is 10.5 Å². The molecule has 0 saturated carbocycles. The number of carbonyl (C=O) groups is 1. The standard InChI is InChI=1S/C19H16FN3O2S/c20-15-6-1-12(2-7-15)14-5-10-17(21)18(11-14)23-19(24)13-3-8-16(9-4-13)26(22)25/h1-11,22,26H,21H2,(H,23,24). The van der Waals surface area contributed by atoms with E-state index in [0.717, 1.165) is 11.1 Å². The molecule has 0 aliphatic rings. The number of nitrogen functional groups attached to an aromatic ring is 1. The second-order valence-electron chi connectivity index (χ2n) is 5.60. The van der Waals surface area contributed by atoms with E-state index in [1.165, 1.54) is 36.4 Å². The number of benzene rings is 3. The van der Waals surface area contributed by atoms with E-state index < -0.39 is 10.6 Å². The average molecular weight is 369 g/mol.